The van der Waals surface area contributed by atoms with Crippen molar-refractivity contribution in [2.45, 2.75) is 30.4 Å². The summed E-state index contributed by atoms with van der Waals surface area (Å²) in [5, 5.41) is 14.5. The Morgan fingerprint density at radius 2 is 2.22 bits per heavy atom. The van der Waals surface area contributed by atoms with Crippen LogP contribution in [-0.2, 0) is 4.74 Å². The average Bonchev–Trinajstić information content (AvgIpc) is 3.28. The molecular formula is C20H21ClF3N7O4Si. The summed E-state index contributed by atoms with van der Waals surface area (Å²) in [5.74, 6) is -0.266. The van der Waals surface area contributed by atoms with Gasteiger partial charge in [0.05, 0.1) is 12.1 Å². The number of aromatic nitrogens is 4. The van der Waals surface area contributed by atoms with Crippen molar-refractivity contribution in [3.8, 4) is 6.08 Å². The third kappa shape index (κ3) is 7.19. The van der Waals surface area contributed by atoms with Crippen LogP contribution in [0, 0.1) is 0 Å². The Labute approximate surface area is 210 Å². The molecule has 0 radical (unpaired) electrons. The molecule has 0 saturated carbocycles. The number of hydrogen-bond acceptors (Lipinski definition) is 10. The highest BCUT2D eigenvalue weighted by atomic mass is 35.5. The summed E-state index contributed by atoms with van der Waals surface area (Å²) < 4.78 is 49.4. The number of hydrogen-bond donors (Lipinski definition) is 2. The van der Waals surface area contributed by atoms with Gasteiger partial charge in [0.15, 0.2) is 0 Å². The molecule has 2 aromatic heterocycles. The normalized spacial score (nSPS) is 20.7. The molecule has 0 spiro atoms. The fourth-order valence-corrected chi connectivity index (χ4v) is 4.35. The Bertz CT molecular complexity index is 1250. The quantitative estimate of drug-likeness (QED) is 0.246. The third-order valence-corrected chi connectivity index (χ3v) is 6.60. The number of amides is 1. The molecule has 1 saturated heterocycles. The highest BCUT2D eigenvalue weighted by molar-refractivity contribution is 6.31. The monoisotopic (exact) mass is 543 g/mol. The van der Waals surface area contributed by atoms with Crippen molar-refractivity contribution in [2.75, 3.05) is 19.8 Å². The van der Waals surface area contributed by atoms with E-state index < -0.39 is 24.7 Å². The summed E-state index contributed by atoms with van der Waals surface area (Å²) in [5.41, 5.74) is 0.629. The van der Waals surface area contributed by atoms with Gasteiger partial charge in [-0.1, -0.05) is 21.8 Å². The molecule has 1 amide bonds. The maximum atomic E-state index is 12.8. The van der Waals surface area contributed by atoms with E-state index >= 15 is 0 Å². The molecule has 0 bridgehead atoms. The van der Waals surface area contributed by atoms with E-state index in [4.69, 9.17) is 20.8 Å². The number of nitrogens with one attached hydrogen (secondary N) is 2. The van der Waals surface area contributed by atoms with Gasteiger partial charge in [0.25, 0.3) is 5.91 Å². The smallest absolute Gasteiger partial charge is 0.447 e. The number of piperidine rings is 1. The third-order valence-electron chi connectivity index (χ3n) is 5.26. The predicted molar refractivity (Wildman–Crippen MR) is 126 cm³/mol. The lowest BCUT2D eigenvalue weighted by molar-refractivity contribution is -0.325. The molecule has 1 aliphatic rings. The van der Waals surface area contributed by atoms with Crippen molar-refractivity contribution in [2.24, 2.45) is 4.99 Å². The number of rotatable bonds is 8. The molecule has 1 unspecified atom stereocenters. The van der Waals surface area contributed by atoms with Gasteiger partial charge in [-0.25, -0.2) is 15.0 Å². The highest BCUT2D eigenvalue weighted by Gasteiger charge is 2.32. The van der Waals surface area contributed by atoms with Gasteiger partial charge in [0.2, 0.25) is 5.82 Å². The molecule has 11 nitrogen and oxygen atoms in total. The second-order valence-electron chi connectivity index (χ2n) is 8.21. The van der Waals surface area contributed by atoms with Crippen LogP contribution in [0.4, 0.5) is 19.2 Å². The maximum Gasteiger partial charge on any atom is 0.522 e. The zero-order valence-electron chi connectivity index (χ0n) is 18.9. The average molecular weight is 544 g/mol. The maximum absolute atomic E-state index is 12.8. The summed E-state index contributed by atoms with van der Waals surface area (Å²) in [6, 6.07) is 4.96. The van der Waals surface area contributed by atoms with Gasteiger partial charge >= 0.3 is 18.5 Å². The van der Waals surface area contributed by atoms with Crippen LogP contribution in [0.1, 0.15) is 23.5 Å². The van der Waals surface area contributed by atoms with E-state index in [9.17, 15) is 18.0 Å². The van der Waals surface area contributed by atoms with E-state index in [1.807, 2.05) is 0 Å². The first-order chi connectivity index (χ1) is 17.1. The van der Waals surface area contributed by atoms with Crippen LogP contribution in [-0.4, -0.2) is 79.9 Å². The minimum absolute atomic E-state index is 0.0862. The molecule has 192 valence electrons. The van der Waals surface area contributed by atoms with Gasteiger partial charge < -0.3 is 19.8 Å². The van der Waals surface area contributed by atoms with E-state index in [0.29, 0.717) is 40.2 Å². The highest BCUT2D eigenvalue weighted by Crippen LogP contribution is 2.20. The van der Waals surface area contributed by atoms with E-state index in [1.54, 1.807) is 30.6 Å². The topological polar surface area (TPSA) is 137 Å². The summed E-state index contributed by atoms with van der Waals surface area (Å²) in [7, 11) is 0.684. The SMILES string of the molecule is O=C(N[C@]1([SiH3])CCC(/C=N\c2nnc(OCCOC(F)(F)F)o2)NC1)c1ncc2cc(Cl)ccc2n1. The van der Waals surface area contributed by atoms with Gasteiger partial charge in [-0.15, -0.1) is 13.2 Å². The van der Waals surface area contributed by atoms with Crippen molar-refractivity contribution in [1.29, 1.82) is 0 Å². The molecule has 3 aromatic rings. The second kappa shape index (κ2) is 10.9. The Morgan fingerprint density at radius 1 is 1.39 bits per heavy atom. The fourth-order valence-electron chi connectivity index (χ4n) is 3.45. The molecule has 3 heterocycles. The molecule has 2 N–H and O–H groups in total. The van der Waals surface area contributed by atoms with Crippen LogP contribution in [0.2, 0.25) is 5.02 Å². The molecular weight excluding hydrogens is 523 g/mol. The fraction of sp³-hybridized carbons (Fsp3) is 0.400. The van der Waals surface area contributed by atoms with Crippen LogP contribution < -0.4 is 15.4 Å². The zero-order valence-corrected chi connectivity index (χ0v) is 21.6. The van der Waals surface area contributed by atoms with E-state index in [0.717, 1.165) is 5.39 Å². The molecule has 1 aliphatic heterocycles. The largest absolute Gasteiger partial charge is 0.522 e. The molecule has 1 aromatic carbocycles. The Balaban J connectivity index is 1.25. The molecule has 0 aliphatic carbocycles. The lowest BCUT2D eigenvalue weighted by atomic mass is 10.0. The lowest BCUT2D eigenvalue weighted by Crippen LogP contribution is -2.60. The first-order valence-corrected chi connectivity index (χ1v) is 12.2. The number of alkyl halides is 3. The number of ether oxygens (including phenoxy) is 2. The summed E-state index contributed by atoms with van der Waals surface area (Å²) in [6.07, 6.45) is -0.513. The van der Waals surface area contributed by atoms with Crippen LogP contribution in [0.15, 0.2) is 33.8 Å². The number of carbonyl (C=O) groups is 1. The van der Waals surface area contributed by atoms with Gasteiger partial charge in [-0.2, -0.15) is 0 Å². The minimum Gasteiger partial charge on any atom is -0.447 e. The number of carbonyl (C=O) groups excluding carboxylic acids is 1. The Hall–Kier alpha value is -3.14. The van der Waals surface area contributed by atoms with E-state index in [-0.39, 0.29) is 29.9 Å². The van der Waals surface area contributed by atoms with E-state index in [1.165, 1.54) is 0 Å². The first kappa shape index (κ1) is 25.9. The second-order valence-corrected chi connectivity index (χ2v) is 10.6. The Kier molecular flexibility index (Phi) is 7.82. The number of benzene rings is 1. The van der Waals surface area contributed by atoms with Gasteiger partial charge in [0, 0.05) is 50.8 Å². The van der Waals surface area contributed by atoms with Crippen molar-refractivity contribution < 1.29 is 31.9 Å². The minimum atomic E-state index is -4.73. The van der Waals surface area contributed by atoms with Crippen LogP contribution in [0.3, 0.4) is 0 Å². The van der Waals surface area contributed by atoms with Crippen LogP contribution in [0.5, 0.6) is 6.08 Å². The molecule has 16 heteroatoms. The van der Waals surface area contributed by atoms with Crippen molar-refractivity contribution >= 4 is 50.9 Å². The molecule has 36 heavy (non-hydrogen) atoms. The number of fused-ring (bicyclic) bond motifs is 1. The Morgan fingerprint density at radius 3 is 2.97 bits per heavy atom. The first-order valence-electron chi connectivity index (χ1n) is 10.8. The summed E-state index contributed by atoms with van der Waals surface area (Å²) in [4.78, 5) is 25.3. The molecule has 4 rings (SSSR count). The number of aliphatic imine (C=N–C) groups is 1. The van der Waals surface area contributed by atoms with Crippen LogP contribution in [0.25, 0.3) is 10.9 Å². The van der Waals surface area contributed by atoms with E-state index in [2.05, 4.69) is 40.5 Å². The standard InChI is InChI=1S/C20H21ClF3N7O4Si/c21-12-1-2-14-11(7-12)8-25-15(28-14)16(32)29-19(36)4-3-13(27-10-19)9-26-17-30-31-18(35-17)33-5-6-34-20(22,23)24/h1-2,7-9,13,27H,3-6,10H2,36H3,(H,29,32)/b26-9-/t13?,19-/m0/s1. The number of halogens is 4. The predicted octanol–water partition coefficient (Wildman–Crippen LogP) is 1.53. The zero-order chi connectivity index (χ0) is 25.8. The van der Waals surface area contributed by atoms with Crippen molar-refractivity contribution in [3.05, 3.63) is 35.2 Å². The van der Waals surface area contributed by atoms with Gasteiger partial charge in [-0.3, -0.25) is 9.53 Å². The summed E-state index contributed by atoms with van der Waals surface area (Å²) in [6.45, 7) is -0.610. The van der Waals surface area contributed by atoms with Crippen LogP contribution >= 0.6 is 11.6 Å². The van der Waals surface area contributed by atoms with Gasteiger partial charge in [0.1, 0.15) is 6.61 Å². The van der Waals surface area contributed by atoms with Crippen molar-refractivity contribution in [1.82, 2.24) is 30.8 Å². The van der Waals surface area contributed by atoms with Crippen molar-refractivity contribution in [3.63, 3.8) is 0 Å². The summed E-state index contributed by atoms with van der Waals surface area (Å²) >= 11 is 5.97. The molecule has 2 atom stereocenters. The van der Waals surface area contributed by atoms with Gasteiger partial charge in [-0.05, 0) is 31.0 Å². The lowest BCUT2D eigenvalue weighted by Gasteiger charge is -2.37. The number of nitrogens with zero attached hydrogens (tertiary/aromatic N) is 5. The molecule has 1 fully saturated rings.